The summed E-state index contributed by atoms with van der Waals surface area (Å²) in [6.07, 6.45) is 3.79. The van der Waals surface area contributed by atoms with Gasteiger partial charge in [0.25, 0.3) is 0 Å². The maximum atomic E-state index is 12.4. The van der Waals surface area contributed by atoms with E-state index in [2.05, 4.69) is 19.8 Å². The van der Waals surface area contributed by atoms with Gasteiger partial charge in [0.05, 0.1) is 37.7 Å². The first-order chi connectivity index (χ1) is 14.1. The molecule has 5 rings (SSSR count). The van der Waals surface area contributed by atoms with Crippen LogP contribution in [-0.4, -0.2) is 78.7 Å². The summed E-state index contributed by atoms with van der Waals surface area (Å²) >= 11 is 0. The lowest BCUT2D eigenvalue weighted by Crippen LogP contribution is -2.56. The fourth-order valence-corrected chi connectivity index (χ4v) is 4.10. The molecule has 3 aromatic rings. The number of morpholine rings is 1. The predicted molar refractivity (Wildman–Crippen MR) is 112 cm³/mol. The van der Waals surface area contributed by atoms with E-state index < -0.39 is 0 Å². The quantitative estimate of drug-likeness (QED) is 0.732. The number of carbonyl (C=O) groups excluding carboxylic acids is 1. The van der Waals surface area contributed by atoms with Crippen molar-refractivity contribution in [3.8, 4) is 11.4 Å². The molecule has 2 aliphatic heterocycles. The molecule has 1 saturated heterocycles. The summed E-state index contributed by atoms with van der Waals surface area (Å²) in [7, 11) is 3.56. The van der Waals surface area contributed by atoms with Gasteiger partial charge in [-0.2, -0.15) is 0 Å². The number of likely N-dealkylation sites (N-methyl/N-ethyl adjacent to an activating group) is 1. The van der Waals surface area contributed by atoms with Crippen molar-refractivity contribution in [3.05, 3.63) is 36.7 Å². The molecule has 4 heterocycles. The first kappa shape index (κ1) is 17.9. The molecule has 1 N–H and O–H groups in total. The highest BCUT2D eigenvalue weighted by molar-refractivity contribution is 5.94. The number of hydrogen-bond acceptors (Lipinski definition) is 6. The molecule has 1 aromatic carbocycles. The molecule has 29 heavy (non-hydrogen) atoms. The van der Waals surface area contributed by atoms with E-state index in [1.54, 1.807) is 19.0 Å². The number of nitrogens with one attached hydrogen (secondary N) is 1. The number of hydrogen-bond donors (Lipinski definition) is 1. The molecule has 8 nitrogen and oxygen atoms in total. The summed E-state index contributed by atoms with van der Waals surface area (Å²) in [6, 6.07) is 8.33. The molecular weight excluding hydrogens is 368 g/mol. The highest BCUT2D eigenvalue weighted by Gasteiger charge is 2.35. The number of fused-ring (bicyclic) bond motifs is 4. The van der Waals surface area contributed by atoms with Crippen molar-refractivity contribution < 1.29 is 9.53 Å². The monoisotopic (exact) mass is 392 g/mol. The number of nitrogens with zero attached hydrogens (tertiary/aromatic N) is 5. The third kappa shape index (κ3) is 3.09. The van der Waals surface area contributed by atoms with Crippen LogP contribution in [0.2, 0.25) is 0 Å². The van der Waals surface area contributed by atoms with Crippen LogP contribution >= 0.6 is 0 Å². The number of anilines is 2. The molecular formula is C21H24N6O2. The molecule has 2 aliphatic rings. The summed E-state index contributed by atoms with van der Waals surface area (Å²) in [5, 5.41) is 1.10. The Morgan fingerprint density at radius 2 is 2.24 bits per heavy atom. The van der Waals surface area contributed by atoms with Crippen molar-refractivity contribution in [1.82, 2.24) is 19.9 Å². The average Bonchev–Trinajstić information content (AvgIpc) is 3.22. The van der Waals surface area contributed by atoms with Crippen LogP contribution in [-0.2, 0) is 9.53 Å². The largest absolute Gasteiger partial charge is 0.377 e. The van der Waals surface area contributed by atoms with E-state index in [1.165, 1.54) is 0 Å². The van der Waals surface area contributed by atoms with Gasteiger partial charge < -0.3 is 24.4 Å². The zero-order valence-corrected chi connectivity index (χ0v) is 16.6. The fraction of sp³-hybridized carbons (Fsp3) is 0.381. The Morgan fingerprint density at radius 3 is 3.10 bits per heavy atom. The molecule has 0 saturated carbocycles. The maximum absolute atomic E-state index is 12.4. The van der Waals surface area contributed by atoms with Gasteiger partial charge in [0.1, 0.15) is 0 Å². The molecule has 0 aliphatic carbocycles. The normalized spacial score (nSPS) is 18.5. The summed E-state index contributed by atoms with van der Waals surface area (Å²) in [6.45, 7) is 3.14. The van der Waals surface area contributed by atoms with Crippen molar-refractivity contribution in [2.24, 2.45) is 0 Å². The highest BCUT2D eigenvalue weighted by Crippen LogP contribution is 2.36. The molecule has 0 radical (unpaired) electrons. The second kappa shape index (κ2) is 7.04. The van der Waals surface area contributed by atoms with Crippen LogP contribution in [0.15, 0.2) is 36.7 Å². The molecule has 0 spiro atoms. The fourth-order valence-electron chi connectivity index (χ4n) is 4.10. The Labute approximate surface area is 169 Å². The van der Waals surface area contributed by atoms with E-state index in [-0.39, 0.29) is 11.9 Å². The molecule has 1 amide bonds. The number of aromatic amines is 1. The lowest BCUT2D eigenvalue weighted by Gasteiger charge is -2.45. The minimum Gasteiger partial charge on any atom is -0.377 e. The number of H-pyrrole nitrogens is 1. The number of aromatic nitrogens is 3. The van der Waals surface area contributed by atoms with E-state index in [9.17, 15) is 4.79 Å². The van der Waals surface area contributed by atoms with Gasteiger partial charge in [-0.15, -0.1) is 0 Å². The van der Waals surface area contributed by atoms with Gasteiger partial charge in [-0.05, 0) is 12.1 Å². The minimum atomic E-state index is 0.0577. The van der Waals surface area contributed by atoms with Crippen LogP contribution in [0.5, 0.6) is 0 Å². The summed E-state index contributed by atoms with van der Waals surface area (Å²) in [5.74, 6) is 1.64. The third-order valence-electron chi connectivity index (χ3n) is 5.68. The van der Waals surface area contributed by atoms with E-state index >= 15 is 0 Å². The average molecular weight is 392 g/mol. The Kier molecular flexibility index (Phi) is 4.35. The van der Waals surface area contributed by atoms with E-state index in [0.29, 0.717) is 25.6 Å². The number of amides is 1. The maximum Gasteiger partial charge on any atom is 0.241 e. The van der Waals surface area contributed by atoms with Crippen molar-refractivity contribution in [2.45, 2.75) is 6.04 Å². The number of benzene rings is 1. The smallest absolute Gasteiger partial charge is 0.241 e. The highest BCUT2D eigenvalue weighted by atomic mass is 16.5. The molecule has 1 atom stereocenters. The first-order valence-electron chi connectivity index (χ1n) is 9.85. The van der Waals surface area contributed by atoms with Gasteiger partial charge >= 0.3 is 0 Å². The second-order valence-electron chi connectivity index (χ2n) is 7.74. The molecule has 2 aromatic heterocycles. The lowest BCUT2D eigenvalue weighted by molar-refractivity contribution is -0.127. The summed E-state index contributed by atoms with van der Waals surface area (Å²) in [4.78, 5) is 31.3. The van der Waals surface area contributed by atoms with Gasteiger partial charge in [0.2, 0.25) is 5.91 Å². The van der Waals surface area contributed by atoms with Crippen LogP contribution in [0.1, 0.15) is 0 Å². The Hall–Kier alpha value is -3.13. The number of carbonyl (C=O) groups is 1. The third-order valence-corrected chi connectivity index (χ3v) is 5.68. The zero-order chi connectivity index (χ0) is 20.0. The Morgan fingerprint density at radius 1 is 1.34 bits per heavy atom. The molecule has 8 heteroatoms. The Bertz CT molecular complexity index is 1060. The predicted octanol–water partition coefficient (Wildman–Crippen LogP) is 1.74. The van der Waals surface area contributed by atoms with E-state index in [0.717, 1.165) is 41.1 Å². The standard InChI is InChI=1S/C21H24N6O2/c1-25(2)19(28)12-26-11-14-13-29-9-8-27(14)21-18(26)10-23-20(24-21)16-4-3-5-17-15(16)6-7-22-17/h3-7,10,14,22H,8-9,11-13H2,1-2H3. The molecule has 1 fully saturated rings. The van der Waals surface area contributed by atoms with E-state index in [4.69, 9.17) is 9.72 Å². The molecule has 0 bridgehead atoms. The summed E-state index contributed by atoms with van der Waals surface area (Å²) < 4.78 is 5.71. The van der Waals surface area contributed by atoms with Gasteiger partial charge in [0.15, 0.2) is 11.6 Å². The van der Waals surface area contributed by atoms with Gasteiger partial charge in [0, 0.05) is 49.8 Å². The van der Waals surface area contributed by atoms with Crippen LogP contribution in [0.4, 0.5) is 11.5 Å². The zero-order valence-electron chi connectivity index (χ0n) is 16.6. The van der Waals surface area contributed by atoms with Crippen LogP contribution < -0.4 is 9.80 Å². The minimum absolute atomic E-state index is 0.0577. The molecule has 150 valence electrons. The van der Waals surface area contributed by atoms with Gasteiger partial charge in [-0.25, -0.2) is 9.97 Å². The van der Waals surface area contributed by atoms with Crippen molar-refractivity contribution >= 4 is 28.3 Å². The Balaban J connectivity index is 1.59. The molecule has 1 unspecified atom stereocenters. The SMILES string of the molecule is CN(C)C(=O)CN1CC2COCCN2c2nc(-c3cccc4[nH]ccc34)ncc21. The van der Waals surface area contributed by atoms with Gasteiger partial charge in [-0.3, -0.25) is 4.79 Å². The summed E-state index contributed by atoms with van der Waals surface area (Å²) in [5.41, 5.74) is 2.97. The number of ether oxygens (including phenoxy) is 1. The van der Waals surface area contributed by atoms with Crippen molar-refractivity contribution in [3.63, 3.8) is 0 Å². The lowest BCUT2D eigenvalue weighted by atomic mass is 10.1. The van der Waals surface area contributed by atoms with Crippen LogP contribution in [0.3, 0.4) is 0 Å². The van der Waals surface area contributed by atoms with E-state index in [1.807, 2.05) is 36.7 Å². The van der Waals surface area contributed by atoms with Gasteiger partial charge in [-0.1, -0.05) is 12.1 Å². The number of rotatable bonds is 3. The van der Waals surface area contributed by atoms with Crippen molar-refractivity contribution in [2.75, 3.05) is 56.7 Å². The van der Waals surface area contributed by atoms with Crippen LogP contribution in [0, 0.1) is 0 Å². The van der Waals surface area contributed by atoms with Crippen LogP contribution in [0.25, 0.3) is 22.3 Å². The van der Waals surface area contributed by atoms with Crippen molar-refractivity contribution in [1.29, 1.82) is 0 Å². The second-order valence-corrected chi connectivity index (χ2v) is 7.74. The topological polar surface area (TPSA) is 77.6 Å². The first-order valence-corrected chi connectivity index (χ1v) is 9.85.